The summed E-state index contributed by atoms with van der Waals surface area (Å²) in [6.45, 7) is 9.86. The fraction of sp³-hybridized carbons (Fsp3) is 0.619. The summed E-state index contributed by atoms with van der Waals surface area (Å²) in [5.41, 5.74) is 1.19. The second kappa shape index (κ2) is 13.6. The van der Waals surface area contributed by atoms with E-state index in [4.69, 9.17) is 9.73 Å². The number of nitrogens with zero attached hydrogens (tertiary/aromatic N) is 2. The average Bonchev–Trinajstić information content (AvgIpc) is 2.67. The van der Waals surface area contributed by atoms with Gasteiger partial charge in [-0.3, -0.25) is 9.69 Å². The van der Waals surface area contributed by atoms with Gasteiger partial charge in [0.05, 0.1) is 13.1 Å². The second-order valence-corrected chi connectivity index (χ2v) is 7.33. The van der Waals surface area contributed by atoms with E-state index in [1.165, 1.54) is 5.56 Å². The molecule has 0 aromatic heterocycles. The van der Waals surface area contributed by atoms with Crippen LogP contribution in [0.4, 0.5) is 0 Å². The Morgan fingerprint density at radius 3 is 2.69 bits per heavy atom. The smallest absolute Gasteiger partial charge is 0.233 e. The Morgan fingerprint density at radius 1 is 1.34 bits per heavy atom. The van der Waals surface area contributed by atoms with E-state index in [-0.39, 0.29) is 36.0 Å². The molecule has 1 aromatic rings. The van der Waals surface area contributed by atoms with Gasteiger partial charge in [0.1, 0.15) is 11.9 Å². The van der Waals surface area contributed by atoms with Crippen molar-refractivity contribution in [3.05, 3.63) is 29.8 Å². The SMILES string of the molecule is CCNC(=NCC(C)Oc1cccc(C)c1)NC1CCN(CC(=O)NC)CC1.I. The van der Waals surface area contributed by atoms with Crippen LogP contribution in [0.3, 0.4) is 0 Å². The molecule has 8 heteroatoms. The Balaban J connectivity index is 0.00000420. The highest BCUT2D eigenvalue weighted by Crippen LogP contribution is 2.14. The highest BCUT2D eigenvalue weighted by molar-refractivity contribution is 14.0. The Labute approximate surface area is 192 Å². The van der Waals surface area contributed by atoms with Crippen molar-refractivity contribution in [2.75, 3.05) is 39.8 Å². The summed E-state index contributed by atoms with van der Waals surface area (Å²) >= 11 is 0. The number of carbonyl (C=O) groups is 1. The lowest BCUT2D eigenvalue weighted by atomic mass is 10.1. The van der Waals surface area contributed by atoms with Crippen LogP contribution in [0.1, 0.15) is 32.3 Å². The second-order valence-electron chi connectivity index (χ2n) is 7.33. The largest absolute Gasteiger partial charge is 0.489 e. The normalized spacial score (nSPS) is 16.5. The van der Waals surface area contributed by atoms with Gasteiger partial charge < -0.3 is 20.7 Å². The molecule has 1 saturated heterocycles. The number of benzene rings is 1. The fourth-order valence-corrected chi connectivity index (χ4v) is 3.21. The number of rotatable bonds is 8. The molecule has 1 heterocycles. The van der Waals surface area contributed by atoms with Crippen molar-refractivity contribution in [3.8, 4) is 5.75 Å². The number of piperidine rings is 1. The molecule has 0 spiro atoms. The third-order valence-corrected chi connectivity index (χ3v) is 4.75. The van der Waals surface area contributed by atoms with Gasteiger partial charge in [-0.15, -0.1) is 24.0 Å². The number of likely N-dealkylation sites (tertiary alicyclic amines) is 1. The summed E-state index contributed by atoms with van der Waals surface area (Å²) < 4.78 is 5.97. The summed E-state index contributed by atoms with van der Waals surface area (Å²) in [5, 5.41) is 9.53. The first kappa shape index (κ1) is 25.5. The number of halogens is 1. The Morgan fingerprint density at radius 2 is 2.07 bits per heavy atom. The number of likely N-dealkylation sites (N-methyl/N-ethyl adjacent to an activating group) is 1. The minimum Gasteiger partial charge on any atom is -0.489 e. The molecule has 0 aliphatic carbocycles. The molecule has 2 rings (SSSR count). The molecule has 0 saturated carbocycles. The molecule has 1 aromatic carbocycles. The number of ether oxygens (including phenoxy) is 1. The van der Waals surface area contributed by atoms with Gasteiger partial charge in [0.25, 0.3) is 0 Å². The molecule has 7 nitrogen and oxygen atoms in total. The van der Waals surface area contributed by atoms with Crippen LogP contribution >= 0.6 is 24.0 Å². The lowest BCUT2D eigenvalue weighted by molar-refractivity contribution is -0.122. The summed E-state index contributed by atoms with van der Waals surface area (Å²) in [4.78, 5) is 18.4. The molecule has 1 aliphatic rings. The van der Waals surface area contributed by atoms with Crippen molar-refractivity contribution < 1.29 is 9.53 Å². The van der Waals surface area contributed by atoms with E-state index in [1.54, 1.807) is 7.05 Å². The summed E-state index contributed by atoms with van der Waals surface area (Å²) in [5.74, 6) is 1.78. The van der Waals surface area contributed by atoms with Crippen LogP contribution in [-0.2, 0) is 4.79 Å². The van der Waals surface area contributed by atoms with Crippen LogP contribution in [0.5, 0.6) is 5.75 Å². The molecule has 3 N–H and O–H groups in total. The highest BCUT2D eigenvalue weighted by Gasteiger charge is 2.21. The van der Waals surface area contributed by atoms with Gasteiger partial charge in [-0.25, -0.2) is 4.99 Å². The molecular formula is C21H36IN5O2. The standard InChI is InChI=1S/C21H35N5O2.HI/c1-5-23-21(24-14-17(3)28-19-8-6-7-16(2)13-19)25-18-9-11-26(12-10-18)15-20(27)22-4;/h6-8,13,17-18H,5,9-12,14-15H2,1-4H3,(H,22,27)(H2,23,24,25);1H. The summed E-state index contributed by atoms with van der Waals surface area (Å²) in [7, 11) is 1.68. The van der Waals surface area contributed by atoms with Crippen molar-refractivity contribution in [3.63, 3.8) is 0 Å². The number of guanidine groups is 1. The van der Waals surface area contributed by atoms with Gasteiger partial charge in [0.2, 0.25) is 5.91 Å². The van der Waals surface area contributed by atoms with Crippen LogP contribution in [-0.4, -0.2) is 68.7 Å². The molecule has 0 bridgehead atoms. The van der Waals surface area contributed by atoms with E-state index >= 15 is 0 Å². The van der Waals surface area contributed by atoms with Crippen molar-refractivity contribution in [1.82, 2.24) is 20.9 Å². The molecule has 1 amide bonds. The summed E-state index contributed by atoms with van der Waals surface area (Å²) in [6.07, 6.45) is 1.99. The Hall–Kier alpha value is -1.55. The zero-order valence-electron chi connectivity index (χ0n) is 18.0. The Bertz CT molecular complexity index is 648. The molecule has 1 atom stereocenters. The molecule has 164 valence electrons. The highest BCUT2D eigenvalue weighted by atomic mass is 127. The monoisotopic (exact) mass is 517 g/mol. The lowest BCUT2D eigenvalue weighted by Crippen LogP contribution is -2.50. The van der Waals surface area contributed by atoms with E-state index in [9.17, 15) is 4.79 Å². The van der Waals surface area contributed by atoms with Crippen LogP contribution in [0.25, 0.3) is 0 Å². The first-order chi connectivity index (χ1) is 13.5. The lowest BCUT2D eigenvalue weighted by Gasteiger charge is -2.32. The van der Waals surface area contributed by atoms with E-state index in [2.05, 4.69) is 40.8 Å². The van der Waals surface area contributed by atoms with Crippen molar-refractivity contribution in [1.29, 1.82) is 0 Å². The van der Waals surface area contributed by atoms with E-state index in [0.29, 0.717) is 19.1 Å². The van der Waals surface area contributed by atoms with Crippen LogP contribution in [0.2, 0.25) is 0 Å². The molecular weight excluding hydrogens is 481 g/mol. The zero-order valence-corrected chi connectivity index (χ0v) is 20.4. The molecule has 1 unspecified atom stereocenters. The van der Waals surface area contributed by atoms with E-state index < -0.39 is 0 Å². The first-order valence-electron chi connectivity index (χ1n) is 10.2. The molecule has 0 radical (unpaired) electrons. The van der Waals surface area contributed by atoms with Crippen molar-refractivity contribution in [2.24, 2.45) is 4.99 Å². The summed E-state index contributed by atoms with van der Waals surface area (Å²) in [6, 6.07) is 8.44. The maximum Gasteiger partial charge on any atom is 0.233 e. The minimum atomic E-state index is -0.00772. The van der Waals surface area contributed by atoms with E-state index in [1.807, 2.05) is 25.1 Å². The maximum atomic E-state index is 11.5. The zero-order chi connectivity index (χ0) is 20.4. The first-order valence-corrected chi connectivity index (χ1v) is 10.2. The van der Waals surface area contributed by atoms with Gasteiger partial charge in [-0.05, 0) is 51.3 Å². The maximum absolute atomic E-state index is 11.5. The predicted octanol–water partition coefficient (Wildman–Crippen LogP) is 2.15. The minimum absolute atomic E-state index is 0. The topological polar surface area (TPSA) is 78.0 Å². The molecule has 1 fully saturated rings. The number of carbonyl (C=O) groups excluding carboxylic acids is 1. The quantitative estimate of drug-likeness (QED) is 0.280. The van der Waals surface area contributed by atoms with Gasteiger partial charge in [-0.2, -0.15) is 0 Å². The van der Waals surface area contributed by atoms with Gasteiger partial charge in [0, 0.05) is 32.7 Å². The third kappa shape index (κ3) is 9.66. The van der Waals surface area contributed by atoms with Gasteiger partial charge in [-0.1, -0.05) is 12.1 Å². The number of aryl methyl sites for hydroxylation is 1. The number of amides is 1. The van der Waals surface area contributed by atoms with Gasteiger partial charge in [0.15, 0.2) is 5.96 Å². The average molecular weight is 517 g/mol. The van der Waals surface area contributed by atoms with E-state index in [0.717, 1.165) is 44.2 Å². The number of hydrogen-bond donors (Lipinski definition) is 3. The number of nitrogens with one attached hydrogen (secondary N) is 3. The number of aliphatic imine (C=N–C) groups is 1. The number of hydrogen-bond acceptors (Lipinski definition) is 4. The van der Waals surface area contributed by atoms with Crippen LogP contribution < -0.4 is 20.7 Å². The van der Waals surface area contributed by atoms with Crippen molar-refractivity contribution in [2.45, 2.75) is 45.8 Å². The van der Waals surface area contributed by atoms with Crippen molar-refractivity contribution >= 4 is 35.8 Å². The predicted molar refractivity (Wildman–Crippen MR) is 129 cm³/mol. The van der Waals surface area contributed by atoms with Gasteiger partial charge >= 0.3 is 0 Å². The molecule has 29 heavy (non-hydrogen) atoms. The van der Waals surface area contributed by atoms with Crippen LogP contribution in [0, 0.1) is 6.92 Å². The fourth-order valence-electron chi connectivity index (χ4n) is 3.21. The third-order valence-electron chi connectivity index (χ3n) is 4.75. The Kier molecular flexibility index (Phi) is 12.0. The van der Waals surface area contributed by atoms with Crippen LogP contribution in [0.15, 0.2) is 29.3 Å². The molecule has 1 aliphatic heterocycles.